The predicted octanol–water partition coefficient (Wildman–Crippen LogP) is 3.91. The fourth-order valence-electron chi connectivity index (χ4n) is 3.53. The van der Waals surface area contributed by atoms with Crippen LogP contribution in [0.2, 0.25) is 0 Å². The van der Waals surface area contributed by atoms with Crippen LogP contribution in [-0.2, 0) is 9.53 Å². The number of carbonyl (C=O) groups excluding carboxylic acids is 1. The van der Waals surface area contributed by atoms with Crippen molar-refractivity contribution in [3.05, 3.63) is 66.0 Å². The molecular weight excluding hydrogens is 312 g/mol. The molecule has 1 saturated heterocycles. The highest BCUT2D eigenvalue weighted by Crippen LogP contribution is 2.40. The average Bonchev–Trinajstić information content (AvgIpc) is 3.40. The number of carbonyl (C=O) groups is 1. The van der Waals surface area contributed by atoms with Crippen LogP contribution in [0.25, 0.3) is 0 Å². The molecule has 4 nitrogen and oxygen atoms in total. The third-order valence-electron chi connectivity index (χ3n) is 5.06. The van der Waals surface area contributed by atoms with Crippen molar-refractivity contribution in [3.63, 3.8) is 0 Å². The van der Waals surface area contributed by atoms with Gasteiger partial charge in [0, 0.05) is 19.2 Å². The van der Waals surface area contributed by atoms with Crippen LogP contribution in [-0.4, -0.2) is 28.9 Å². The van der Waals surface area contributed by atoms with Gasteiger partial charge in [0.25, 0.3) is 0 Å². The molecule has 0 unspecified atom stereocenters. The van der Waals surface area contributed by atoms with E-state index in [0.29, 0.717) is 12.3 Å². The van der Waals surface area contributed by atoms with Gasteiger partial charge in [0.1, 0.15) is 12.1 Å². The van der Waals surface area contributed by atoms with Crippen molar-refractivity contribution < 1.29 is 9.53 Å². The van der Waals surface area contributed by atoms with Crippen LogP contribution in [0.5, 0.6) is 0 Å². The second-order valence-corrected chi connectivity index (χ2v) is 7.00. The number of hydrogen-bond acceptors (Lipinski definition) is 3. The number of benzene rings is 1. The van der Waals surface area contributed by atoms with E-state index in [-0.39, 0.29) is 18.1 Å². The summed E-state index contributed by atoms with van der Waals surface area (Å²) in [7, 11) is 0. The number of likely N-dealkylation sites (tertiary alicyclic amines) is 1. The largest absolute Gasteiger partial charge is 0.371 e. The van der Waals surface area contributed by atoms with Gasteiger partial charge in [0.05, 0.1) is 12.3 Å². The van der Waals surface area contributed by atoms with Crippen LogP contribution in [0.1, 0.15) is 49.1 Å². The molecule has 25 heavy (non-hydrogen) atoms. The summed E-state index contributed by atoms with van der Waals surface area (Å²) in [5.74, 6) is 0.872. The summed E-state index contributed by atoms with van der Waals surface area (Å²) < 4.78 is 6.40. The number of aromatic nitrogens is 1. The van der Waals surface area contributed by atoms with E-state index in [4.69, 9.17) is 4.74 Å². The van der Waals surface area contributed by atoms with E-state index < -0.39 is 0 Å². The molecule has 0 bridgehead atoms. The summed E-state index contributed by atoms with van der Waals surface area (Å²) in [5.41, 5.74) is 2.01. The maximum atomic E-state index is 12.5. The lowest BCUT2D eigenvalue weighted by molar-refractivity contribution is -0.134. The molecule has 1 aliphatic heterocycles. The topological polar surface area (TPSA) is 42.4 Å². The number of amides is 1. The van der Waals surface area contributed by atoms with Gasteiger partial charge in [0.2, 0.25) is 5.91 Å². The second kappa shape index (κ2) is 7.36. The monoisotopic (exact) mass is 336 g/mol. The fraction of sp³-hybridized carbons (Fsp3) is 0.429. The quantitative estimate of drug-likeness (QED) is 0.770. The highest BCUT2D eigenvalue weighted by Gasteiger charge is 2.38. The first-order valence-electron chi connectivity index (χ1n) is 9.20. The summed E-state index contributed by atoms with van der Waals surface area (Å²) in [5, 5.41) is 0. The molecule has 1 aromatic heterocycles. The third kappa shape index (κ3) is 3.74. The smallest absolute Gasteiger partial charge is 0.223 e. The molecule has 1 amide bonds. The van der Waals surface area contributed by atoms with Gasteiger partial charge in [-0.25, -0.2) is 0 Å². The Balaban J connectivity index is 1.70. The van der Waals surface area contributed by atoms with Gasteiger partial charge in [-0.05, 0) is 42.9 Å². The molecule has 0 spiro atoms. The summed E-state index contributed by atoms with van der Waals surface area (Å²) in [6.07, 6.45) is 5.64. The van der Waals surface area contributed by atoms with Crippen LogP contribution < -0.4 is 0 Å². The maximum Gasteiger partial charge on any atom is 0.223 e. The molecule has 0 N–H and O–H groups in total. The zero-order valence-electron chi connectivity index (χ0n) is 14.4. The Morgan fingerprint density at radius 3 is 2.56 bits per heavy atom. The lowest BCUT2D eigenvalue weighted by atomic mass is 9.97. The van der Waals surface area contributed by atoms with E-state index in [9.17, 15) is 4.79 Å². The molecule has 4 heteroatoms. The third-order valence-corrected chi connectivity index (χ3v) is 5.06. The molecule has 0 radical (unpaired) electrons. The first kappa shape index (κ1) is 16.3. The summed E-state index contributed by atoms with van der Waals surface area (Å²) in [6, 6.07) is 16.0. The first-order chi connectivity index (χ1) is 12.3. The number of pyridine rings is 1. The average molecular weight is 336 g/mol. The minimum absolute atomic E-state index is 0.169. The van der Waals surface area contributed by atoms with Crippen LogP contribution in [0.4, 0.5) is 0 Å². The zero-order chi connectivity index (χ0) is 17.1. The van der Waals surface area contributed by atoms with Crippen molar-refractivity contribution in [2.75, 3.05) is 13.2 Å². The standard InChI is InChI=1S/C21H24N2O2/c24-19-10-6-14-23(19)20(18-9-4-5-13-22-18)21(25-15-16-11-12-16)17-7-2-1-3-8-17/h1-5,7-9,13,16,20-21H,6,10-12,14-15H2/t20-,21-/m1/s1. The molecule has 1 aromatic carbocycles. The van der Waals surface area contributed by atoms with Crippen LogP contribution >= 0.6 is 0 Å². The highest BCUT2D eigenvalue weighted by molar-refractivity contribution is 5.78. The van der Waals surface area contributed by atoms with Crippen LogP contribution in [0.3, 0.4) is 0 Å². The minimum Gasteiger partial charge on any atom is -0.371 e. The second-order valence-electron chi connectivity index (χ2n) is 7.00. The van der Waals surface area contributed by atoms with Gasteiger partial charge in [-0.2, -0.15) is 0 Å². The highest BCUT2D eigenvalue weighted by atomic mass is 16.5. The van der Waals surface area contributed by atoms with Gasteiger partial charge < -0.3 is 9.64 Å². The summed E-state index contributed by atoms with van der Waals surface area (Å²) in [4.78, 5) is 19.1. The predicted molar refractivity (Wildman–Crippen MR) is 95.8 cm³/mol. The fourth-order valence-corrected chi connectivity index (χ4v) is 3.53. The van der Waals surface area contributed by atoms with E-state index in [2.05, 4.69) is 17.1 Å². The lowest BCUT2D eigenvalue weighted by Crippen LogP contribution is -2.35. The Kier molecular flexibility index (Phi) is 4.79. The molecule has 2 fully saturated rings. The number of ether oxygens (including phenoxy) is 1. The van der Waals surface area contributed by atoms with Crippen molar-refractivity contribution in [2.45, 2.75) is 37.8 Å². The number of nitrogens with zero attached hydrogens (tertiary/aromatic N) is 2. The van der Waals surface area contributed by atoms with Crippen molar-refractivity contribution in [1.29, 1.82) is 0 Å². The minimum atomic E-state index is -0.182. The lowest BCUT2D eigenvalue weighted by Gasteiger charge is -2.34. The molecule has 2 aliphatic rings. The molecule has 1 saturated carbocycles. The van der Waals surface area contributed by atoms with Crippen LogP contribution in [0.15, 0.2) is 54.7 Å². The van der Waals surface area contributed by atoms with Crippen LogP contribution in [0, 0.1) is 5.92 Å². The van der Waals surface area contributed by atoms with E-state index in [1.165, 1.54) is 12.8 Å². The van der Waals surface area contributed by atoms with E-state index >= 15 is 0 Å². The van der Waals surface area contributed by atoms with Crippen molar-refractivity contribution in [2.24, 2.45) is 5.92 Å². The van der Waals surface area contributed by atoms with E-state index in [1.54, 1.807) is 6.20 Å². The Bertz CT molecular complexity index is 700. The molecular formula is C21H24N2O2. The summed E-state index contributed by atoms with van der Waals surface area (Å²) >= 11 is 0. The van der Waals surface area contributed by atoms with Crippen molar-refractivity contribution in [1.82, 2.24) is 9.88 Å². The van der Waals surface area contributed by atoms with Gasteiger partial charge in [-0.1, -0.05) is 36.4 Å². The van der Waals surface area contributed by atoms with Crippen molar-refractivity contribution in [3.8, 4) is 0 Å². The van der Waals surface area contributed by atoms with Gasteiger partial charge in [-0.3, -0.25) is 9.78 Å². The number of hydrogen-bond donors (Lipinski definition) is 0. The van der Waals surface area contributed by atoms with Gasteiger partial charge in [-0.15, -0.1) is 0 Å². The van der Waals surface area contributed by atoms with E-state index in [1.807, 2.05) is 41.3 Å². The zero-order valence-corrected chi connectivity index (χ0v) is 14.4. The summed E-state index contributed by atoms with van der Waals surface area (Å²) in [6.45, 7) is 1.53. The Morgan fingerprint density at radius 1 is 1.12 bits per heavy atom. The van der Waals surface area contributed by atoms with Gasteiger partial charge >= 0.3 is 0 Å². The molecule has 1 aliphatic carbocycles. The molecule has 2 aromatic rings. The normalized spacial score (nSPS) is 19.8. The molecule has 4 rings (SSSR count). The SMILES string of the molecule is O=C1CCCN1[C@H](c1ccccn1)[C@H](OCC1CC1)c1ccccc1. The first-order valence-corrected chi connectivity index (χ1v) is 9.20. The Morgan fingerprint density at radius 2 is 1.92 bits per heavy atom. The molecule has 130 valence electrons. The molecule has 2 heterocycles. The maximum absolute atomic E-state index is 12.5. The van der Waals surface area contributed by atoms with E-state index in [0.717, 1.165) is 30.8 Å². The van der Waals surface area contributed by atoms with Gasteiger partial charge in [0.15, 0.2) is 0 Å². The number of rotatable bonds is 7. The molecule has 2 atom stereocenters. The Hall–Kier alpha value is -2.20. The Labute approximate surface area is 148 Å². The van der Waals surface area contributed by atoms with Crippen molar-refractivity contribution >= 4 is 5.91 Å².